The van der Waals surface area contributed by atoms with Crippen molar-refractivity contribution in [2.45, 2.75) is 6.61 Å². The van der Waals surface area contributed by atoms with Crippen LogP contribution >= 0.6 is 0 Å². The molecule has 0 N–H and O–H groups in total. The van der Waals surface area contributed by atoms with Crippen molar-refractivity contribution in [3.8, 4) is 5.75 Å². The van der Waals surface area contributed by atoms with Gasteiger partial charge in [-0.25, -0.2) is 4.79 Å². The molecule has 0 unspecified atom stereocenters. The van der Waals surface area contributed by atoms with E-state index in [9.17, 15) is 4.79 Å². The Labute approximate surface area is 176 Å². The molecule has 0 aliphatic carbocycles. The van der Waals surface area contributed by atoms with E-state index < -0.39 is 5.97 Å². The molecular formula is C25H23NO4. The van der Waals surface area contributed by atoms with Crippen LogP contribution in [0.15, 0.2) is 90.1 Å². The molecule has 0 aliphatic heterocycles. The standard InChI is InChI=1S/C25H23NO4/c1-28-18-24(25(27)29-2)23-14-7-6-11-20(23)17-30-22-13-8-12-21(15-22)26-16-19-9-4-3-5-10-19/h3-16,18H,17H2,1-2H3/b24-18+,26-16?. The first-order valence-corrected chi connectivity index (χ1v) is 9.43. The van der Waals surface area contributed by atoms with E-state index in [1.165, 1.54) is 20.5 Å². The predicted octanol–water partition coefficient (Wildman–Crippen LogP) is 5.18. The second-order valence-corrected chi connectivity index (χ2v) is 6.37. The first-order chi connectivity index (χ1) is 14.7. The number of hydrogen-bond donors (Lipinski definition) is 0. The third kappa shape index (κ3) is 5.58. The van der Waals surface area contributed by atoms with E-state index >= 15 is 0 Å². The Morgan fingerprint density at radius 1 is 0.933 bits per heavy atom. The van der Waals surface area contributed by atoms with Gasteiger partial charge in [-0.3, -0.25) is 4.99 Å². The van der Waals surface area contributed by atoms with Crippen LogP contribution in [0.3, 0.4) is 0 Å². The van der Waals surface area contributed by atoms with Crippen molar-refractivity contribution in [1.29, 1.82) is 0 Å². The van der Waals surface area contributed by atoms with E-state index in [-0.39, 0.29) is 6.61 Å². The molecule has 0 bridgehead atoms. The summed E-state index contributed by atoms with van der Waals surface area (Å²) < 4.78 is 15.9. The molecule has 5 heteroatoms. The van der Waals surface area contributed by atoms with Gasteiger partial charge in [0.05, 0.1) is 26.2 Å². The molecule has 0 amide bonds. The minimum absolute atomic E-state index is 0.278. The highest BCUT2D eigenvalue weighted by molar-refractivity contribution is 6.16. The van der Waals surface area contributed by atoms with Crippen LogP contribution in [0.4, 0.5) is 5.69 Å². The summed E-state index contributed by atoms with van der Waals surface area (Å²) in [6.07, 6.45) is 3.19. The van der Waals surface area contributed by atoms with E-state index in [0.717, 1.165) is 16.8 Å². The van der Waals surface area contributed by atoms with Gasteiger partial charge in [0.15, 0.2) is 0 Å². The fourth-order valence-corrected chi connectivity index (χ4v) is 2.86. The Hall–Kier alpha value is -3.86. The zero-order valence-corrected chi connectivity index (χ0v) is 16.9. The molecule has 0 fully saturated rings. The van der Waals surface area contributed by atoms with Gasteiger partial charge < -0.3 is 14.2 Å². The van der Waals surface area contributed by atoms with E-state index in [0.29, 0.717) is 16.9 Å². The molecule has 152 valence electrons. The molecule has 0 saturated heterocycles. The summed E-state index contributed by atoms with van der Waals surface area (Å²) in [4.78, 5) is 16.6. The molecule has 0 radical (unpaired) electrons. The molecule has 0 heterocycles. The van der Waals surface area contributed by atoms with Crippen molar-refractivity contribution >= 4 is 23.4 Å². The van der Waals surface area contributed by atoms with E-state index in [1.54, 1.807) is 0 Å². The quantitative estimate of drug-likeness (QED) is 0.226. The Bertz CT molecular complexity index is 1040. The van der Waals surface area contributed by atoms with Crippen LogP contribution in [-0.4, -0.2) is 26.4 Å². The Balaban J connectivity index is 1.76. The van der Waals surface area contributed by atoms with E-state index in [2.05, 4.69) is 4.99 Å². The lowest BCUT2D eigenvalue weighted by Crippen LogP contribution is -2.08. The molecule has 3 aromatic carbocycles. The van der Waals surface area contributed by atoms with Crippen molar-refractivity contribution in [2.75, 3.05) is 14.2 Å². The van der Waals surface area contributed by atoms with Crippen molar-refractivity contribution in [3.05, 3.63) is 102 Å². The molecule has 0 aliphatic rings. The number of esters is 1. The Morgan fingerprint density at radius 3 is 2.47 bits per heavy atom. The van der Waals surface area contributed by atoms with Gasteiger partial charge in [-0.05, 0) is 28.8 Å². The SMILES string of the molecule is CO/C=C(/C(=O)OC)c1ccccc1COc1cccc(N=Cc2ccccc2)c1. The Morgan fingerprint density at radius 2 is 1.70 bits per heavy atom. The minimum atomic E-state index is -0.471. The van der Waals surface area contributed by atoms with Gasteiger partial charge in [-0.2, -0.15) is 0 Å². The molecule has 3 rings (SSSR count). The zero-order chi connectivity index (χ0) is 21.2. The summed E-state index contributed by atoms with van der Waals surface area (Å²) in [7, 11) is 2.83. The number of nitrogens with zero attached hydrogens (tertiary/aromatic N) is 1. The summed E-state index contributed by atoms with van der Waals surface area (Å²) in [5.41, 5.74) is 3.69. The van der Waals surface area contributed by atoms with Crippen LogP contribution in [0.25, 0.3) is 5.57 Å². The Kier molecular flexibility index (Phi) is 7.39. The molecule has 0 atom stereocenters. The van der Waals surface area contributed by atoms with Gasteiger partial charge in [0.2, 0.25) is 0 Å². The maximum absolute atomic E-state index is 12.1. The number of carbonyl (C=O) groups is 1. The van der Waals surface area contributed by atoms with Gasteiger partial charge in [-0.1, -0.05) is 60.7 Å². The maximum Gasteiger partial charge on any atom is 0.341 e. The second-order valence-electron chi connectivity index (χ2n) is 6.37. The molecule has 3 aromatic rings. The number of ether oxygens (including phenoxy) is 3. The second kappa shape index (κ2) is 10.6. The van der Waals surface area contributed by atoms with Gasteiger partial charge in [0.1, 0.15) is 17.9 Å². The minimum Gasteiger partial charge on any atom is -0.503 e. The van der Waals surface area contributed by atoms with Gasteiger partial charge in [0, 0.05) is 12.3 Å². The predicted molar refractivity (Wildman–Crippen MR) is 118 cm³/mol. The van der Waals surface area contributed by atoms with Crippen LogP contribution in [-0.2, 0) is 20.9 Å². The largest absolute Gasteiger partial charge is 0.503 e. The van der Waals surface area contributed by atoms with Crippen molar-refractivity contribution in [3.63, 3.8) is 0 Å². The highest BCUT2D eigenvalue weighted by Crippen LogP contribution is 2.24. The lowest BCUT2D eigenvalue weighted by Gasteiger charge is -2.13. The fourth-order valence-electron chi connectivity index (χ4n) is 2.86. The summed E-state index contributed by atoms with van der Waals surface area (Å²) in [5, 5.41) is 0. The third-order valence-electron chi connectivity index (χ3n) is 4.32. The van der Waals surface area contributed by atoms with Gasteiger partial charge >= 0.3 is 5.97 Å². The summed E-state index contributed by atoms with van der Waals surface area (Å²) in [6, 6.07) is 24.9. The lowest BCUT2D eigenvalue weighted by atomic mass is 10.0. The number of hydrogen-bond acceptors (Lipinski definition) is 5. The van der Waals surface area contributed by atoms with E-state index in [1.807, 2.05) is 85.1 Å². The number of rotatable bonds is 8. The van der Waals surface area contributed by atoms with Crippen molar-refractivity contribution < 1.29 is 19.0 Å². The fraction of sp³-hybridized carbons (Fsp3) is 0.120. The first kappa shape index (κ1) is 20.9. The van der Waals surface area contributed by atoms with Crippen molar-refractivity contribution in [1.82, 2.24) is 0 Å². The smallest absolute Gasteiger partial charge is 0.341 e. The average molecular weight is 401 g/mol. The first-order valence-electron chi connectivity index (χ1n) is 9.43. The summed E-state index contributed by atoms with van der Waals surface area (Å²) in [5.74, 6) is 0.212. The highest BCUT2D eigenvalue weighted by Gasteiger charge is 2.16. The van der Waals surface area contributed by atoms with Crippen LogP contribution in [0.2, 0.25) is 0 Å². The lowest BCUT2D eigenvalue weighted by molar-refractivity contribution is -0.133. The van der Waals surface area contributed by atoms with Crippen molar-refractivity contribution in [2.24, 2.45) is 4.99 Å². The van der Waals surface area contributed by atoms with E-state index in [4.69, 9.17) is 14.2 Å². The van der Waals surface area contributed by atoms with Crippen LogP contribution in [0.1, 0.15) is 16.7 Å². The average Bonchev–Trinajstić information content (AvgIpc) is 2.80. The summed E-state index contributed by atoms with van der Waals surface area (Å²) >= 11 is 0. The van der Waals surface area contributed by atoms with Crippen LogP contribution < -0.4 is 4.74 Å². The monoisotopic (exact) mass is 401 g/mol. The molecule has 0 aromatic heterocycles. The molecule has 30 heavy (non-hydrogen) atoms. The van der Waals surface area contributed by atoms with Gasteiger partial charge in [-0.15, -0.1) is 0 Å². The number of methoxy groups -OCH3 is 2. The van der Waals surface area contributed by atoms with Crippen LogP contribution in [0, 0.1) is 0 Å². The topological polar surface area (TPSA) is 57.1 Å². The normalized spacial score (nSPS) is 11.3. The molecule has 5 nitrogen and oxygen atoms in total. The number of benzene rings is 3. The molecular weight excluding hydrogens is 378 g/mol. The molecule has 0 saturated carbocycles. The number of carbonyl (C=O) groups excluding carboxylic acids is 1. The van der Waals surface area contributed by atoms with Gasteiger partial charge in [0.25, 0.3) is 0 Å². The number of aliphatic imine (C=N–C) groups is 1. The van der Waals surface area contributed by atoms with Crippen LogP contribution in [0.5, 0.6) is 5.75 Å². The summed E-state index contributed by atoms with van der Waals surface area (Å²) in [6.45, 7) is 0.278. The highest BCUT2D eigenvalue weighted by atomic mass is 16.5. The zero-order valence-electron chi connectivity index (χ0n) is 16.9. The third-order valence-corrected chi connectivity index (χ3v) is 4.32. The maximum atomic E-state index is 12.1. The molecule has 0 spiro atoms.